The third-order valence-electron chi connectivity index (χ3n) is 5.33. The van der Waals surface area contributed by atoms with Crippen molar-refractivity contribution in [2.45, 2.75) is 36.6 Å². The fourth-order valence-corrected chi connectivity index (χ4v) is 5.54. The largest absolute Gasteiger partial charge is 0.497 e. The number of ether oxygens (including phenoxy) is 1. The second-order valence-corrected chi connectivity index (χ2v) is 9.72. The van der Waals surface area contributed by atoms with E-state index in [0.717, 1.165) is 12.8 Å². The van der Waals surface area contributed by atoms with Crippen LogP contribution in [0.5, 0.6) is 5.75 Å². The van der Waals surface area contributed by atoms with Gasteiger partial charge in [0.1, 0.15) is 5.75 Å². The summed E-state index contributed by atoms with van der Waals surface area (Å²) in [6.07, 6.45) is 2.77. The van der Waals surface area contributed by atoms with Gasteiger partial charge in [-0.1, -0.05) is 30.2 Å². The number of methoxy groups -OCH3 is 1. The van der Waals surface area contributed by atoms with Gasteiger partial charge in [-0.15, -0.1) is 0 Å². The van der Waals surface area contributed by atoms with Gasteiger partial charge in [0.25, 0.3) is 0 Å². The Morgan fingerprint density at radius 2 is 1.81 bits per heavy atom. The maximum absolute atomic E-state index is 13.2. The molecule has 1 unspecified atom stereocenters. The highest BCUT2D eigenvalue weighted by molar-refractivity contribution is 7.89. The number of nitrogens with one attached hydrogen (secondary N) is 2. The summed E-state index contributed by atoms with van der Waals surface area (Å²) in [5.74, 6) is -1.05. The first kappa shape index (κ1) is 24.0. The number of carbonyl (C=O) groups excluding carboxylic acids is 2. The molecular formula is C22H26ClN3O5S. The molecule has 2 N–H and O–H groups in total. The van der Waals surface area contributed by atoms with Crippen molar-refractivity contribution in [2.24, 2.45) is 0 Å². The highest BCUT2D eigenvalue weighted by Crippen LogP contribution is 2.28. The summed E-state index contributed by atoms with van der Waals surface area (Å²) in [4.78, 5) is 24.5. The van der Waals surface area contributed by atoms with Crippen LogP contribution in [-0.2, 0) is 19.6 Å². The monoisotopic (exact) mass is 479 g/mol. The van der Waals surface area contributed by atoms with Crippen molar-refractivity contribution in [3.05, 3.63) is 53.6 Å². The van der Waals surface area contributed by atoms with Crippen LogP contribution in [0.4, 0.5) is 5.69 Å². The molecule has 0 spiro atoms. The summed E-state index contributed by atoms with van der Waals surface area (Å²) < 4.78 is 32.9. The third-order valence-corrected chi connectivity index (χ3v) is 7.63. The van der Waals surface area contributed by atoms with Crippen LogP contribution < -0.4 is 15.4 Å². The summed E-state index contributed by atoms with van der Waals surface area (Å²) in [5.41, 5.74) is 0.346. The first-order chi connectivity index (χ1) is 15.3. The number of para-hydroxylation sites is 1. The Labute approximate surface area is 192 Å². The van der Waals surface area contributed by atoms with Gasteiger partial charge in [-0.05, 0) is 55.7 Å². The number of carbonyl (C=O) groups is 2. The average molecular weight is 480 g/mol. The fraction of sp³-hybridized carbons (Fsp3) is 0.364. The molecule has 1 fully saturated rings. The number of hydrogen-bond acceptors (Lipinski definition) is 5. The number of amides is 2. The molecule has 8 nitrogen and oxygen atoms in total. The number of rotatable bonds is 7. The predicted octanol–water partition coefficient (Wildman–Crippen LogP) is 3.04. The number of piperidine rings is 1. The van der Waals surface area contributed by atoms with Crippen molar-refractivity contribution in [3.8, 4) is 5.75 Å². The Bertz CT molecular complexity index is 1060. The lowest BCUT2D eigenvalue weighted by molar-refractivity contribution is -0.136. The predicted molar refractivity (Wildman–Crippen MR) is 122 cm³/mol. The highest BCUT2D eigenvalue weighted by Gasteiger charge is 2.33. The minimum atomic E-state index is -3.68. The zero-order valence-corrected chi connectivity index (χ0v) is 19.3. The van der Waals surface area contributed by atoms with Crippen LogP contribution in [0.25, 0.3) is 0 Å². The molecule has 2 aromatic rings. The lowest BCUT2D eigenvalue weighted by atomic mass is 10.0. The molecule has 1 heterocycles. The second-order valence-electron chi connectivity index (χ2n) is 7.42. The standard InChI is InChI=1S/C22H26ClN3O5S/c1-31-17-9-11-18(12-10-17)32(29,30)26-15-5-4-6-16(26)13-14-24-21(27)22(28)25-20-8-3-2-7-19(20)23/h2-3,7-12,16H,4-6,13-15H2,1H3,(H,24,27)(H,25,28). The summed E-state index contributed by atoms with van der Waals surface area (Å²) in [6, 6.07) is 12.6. The molecule has 10 heteroatoms. The van der Waals surface area contributed by atoms with E-state index in [9.17, 15) is 18.0 Å². The molecule has 2 aromatic carbocycles. The minimum Gasteiger partial charge on any atom is -0.497 e. The Hall–Kier alpha value is -2.62. The smallest absolute Gasteiger partial charge is 0.313 e. The molecule has 2 amide bonds. The summed E-state index contributed by atoms with van der Waals surface area (Å²) >= 11 is 5.99. The van der Waals surface area contributed by atoms with Crippen molar-refractivity contribution in [1.82, 2.24) is 9.62 Å². The minimum absolute atomic E-state index is 0.175. The molecule has 1 aliphatic rings. The van der Waals surface area contributed by atoms with Gasteiger partial charge in [-0.3, -0.25) is 9.59 Å². The molecule has 0 radical (unpaired) electrons. The van der Waals surface area contributed by atoms with Gasteiger partial charge in [0.2, 0.25) is 10.0 Å². The molecule has 1 aliphatic heterocycles. The lowest BCUT2D eigenvalue weighted by Crippen LogP contribution is -2.45. The van der Waals surface area contributed by atoms with Crippen LogP contribution in [0.1, 0.15) is 25.7 Å². The van der Waals surface area contributed by atoms with E-state index in [1.54, 1.807) is 36.4 Å². The van der Waals surface area contributed by atoms with Gasteiger partial charge in [0.05, 0.1) is 22.7 Å². The Morgan fingerprint density at radius 3 is 2.50 bits per heavy atom. The van der Waals surface area contributed by atoms with Crippen molar-refractivity contribution < 1.29 is 22.7 Å². The quantitative estimate of drug-likeness (QED) is 0.594. The van der Waals surface area contributed by atoms with E-state index in [1.165, 1.54) is 23.5 Å². The second kappa shape index (κ2) is 10.8. The van der Waals surface area contributed by atoms with Crippen molar-refractivity contribution in [3.63, 3.8) is 0 Å². The molecule has 3 rings (SSSR count). The van der Waals surface area contributed by atoms with Crippen LogP contribution in [0.3, 0.4) is 0 Å². The van der Waals surface area contributed by atoms with Gasteiger partial charge in [-0.25, -0.2) is 8.42 Å². The van der Waals surface area contributed by atoms with E-state index in [2.05, 4.69) is 10.6 Å². The Kier molecular flexibility index (Phi) is 8.11. The first-order valence-electron chi connectivity index (χ1n) is 10.3. The zero-order chi connectivity index (χ0) is 23.1. The zero-order valence-electron chi connectivity index (χ0n) is 17.7. The van der Waals surface area contributed by atoms with Crippen LogP contribution in [0.15, 0.2) is 53.4 Å². The molecule has 1 saturated heterocycles. The topological polar surface area (TPSA) is 105 Å². The van der Waals surface area contributed by atoms with Crippen molar-refractivity contribution in [2.75, 3.05) is 25.5 Å². The maximum atomic E-state index is 13.2. The van der Waals surface area contributed by atoms with Crippen LogP contribution >= 0.6 is 11.6 Å². The van der Waals surface area contributed by atoms with E-state index < -0.39 is 21.8 Å². The van der Waals surface area contributed by atoms with E-state index in [1.807, 2.05) is 0 Å². The Morgan fingerprint density at radius 1 is 1.09 bits per heavy atom. The van der Waals surface area contributed by atoms with Gasteiger partial charge < -0.3 is 15.4 Å². The molecule has 32 heavy (non-hydrogen) atoms. The SMILES string of the molecule is COc1ccc(S(=O)(=O)N2CCCCC2CCNC(=O)C(=O)Nc2ccccc2Cl)cc1. The van der Waals surface area contributed by atoms with Crippen molar-refractivity contribution in [1.29, 1.82) is 0 Å². The highest BCUT2D eigenvalue weighted by atomic mass is 35.5. The molecule has 1 atom stereocenters. The van der Waals surface area contributed by atoms with Crippen molar-refractivity contribution >= 4 is 39.1 Å². The molecule has 0 saturated carbocycles. The number of halogens is 1. The lowest BCUT2D eigenvalue weighted by Gasteiger charge is -2.34. The normalized spacial score (nSPS) is 16.9. The van der Waals surface area contributed by atoms with E-state index >= 15 is 0 Å². The van der Waals surface area contributed by atoms with Crippen LogP contribution in [0, 0.1) is 0 Å². The molecular weight excluding hydrogens is 454 g/mol. The van der Waals surface area contributed by atoms with E-state index in [-0.39, 0.29) is 17.5 Å². The Balaban J connectivity index is 1.58. The molecule has 0 bridgehead atoms. The third kappa shape index (κ3) is 5.79. The molecule has 0 aliphatic carbocycles. The van der Waals surface area contributed by atoms with Gasteiger partial charge in [0, 0.05) is 19.1 Å². The summed E-state index contributed by atoms with van der Waals surface area (Å²) in [5, 5.41) is 5.36. The number of benzene rings is 2. The number of nitrogens with zero attached hydrogens (tertiary/aromatic N) is 1. The van der Waals surface area contributed by atoms with Gasteiger partial charge >= 0.3 is 11.8 Å². The summed E-state index contributed by atoms with van der Waals surface area (Å²) in [6.45, 7) is 0.591. The average Bonchev–Trinajstić information content (AvgIpc) is 2.80. The van der Waals surface area contributed by atoms with Crippen LogP contribution in [-0.4, -0.2) is 50.8 Å². The summed E-state index contributed by atoms with van der Waals surface area (Å²) in [7, 11) is -2.16. The van der Waals surface area contributed by atoms with E-state index in [0.29, 0.717) is 35.8 Å². The van der Waals surface area contributed by atoms with Crippen LogP contribution in [0.2, 0.25) is 5.02 Å². The number of anilines is 1. The molecule has 0 aromatic heterocycles. The number of sulfonamides is 1. The number of hydrogen-bond donors (Lipinski definition) is 2. The maximum Gasteiger partial charge on any atom is 0.313 e. The first-order valence-corrected chi connectivity index (χ1v) is 12.1. The molecule has 172 valence electrons. The van der Waals surface area contributed by atoms with E-state index in [4.69, 9.17) is 16.3 Å². The van der Waals surface area contributed by atoms with Gasteiger partial charge in [0.15, 0.2) is 0 Å². The van der Waals surface area contributed by atoms with Gasteiger partial charge in [-0.2, -0.15) is 4.31 Å². The fourth-order valence-electron chi connectivity index (χ4n) is 3.64.